The van der Waals surface area contributed by atoms with Gasteiger partial charge < -0.3 is 15.6 Å². The predicted octanol–water partition coefficient (Wildman–Crippen LogP) is 3.71. The lowest BCUT2D eigenvalue weighted by molar-refractivity contribution is -0.133. The molecular weight excluding hydrogens is 400 g/mol. The summed E-state index contributed by atoms with van der Waals surface area (Å²) in [7, 11) is 0. The molecule has 32 heavy (non-hydrogen) atoms. The predicted molar refractivity (Wildman–Crippen MR) is 129 cm³/mol. The molecule has 2 fully saturated rings. The normalized spacial score (nSPS) is 20.3. The Bertz CT molecular complexity index is 899. The molecule has 2 aliphatic rings. The van der Waals surface area contributed by atoms with Crippen molar-refractivity contribution in [2.45, 2.75) is 77.6 Å². The minimum Gasteiger partial charge on any atom is -0.342 e. The Morgan fingerprint density at radius 2 is 1.94 bits per heavy atom. The molecule has 7 heteroatoms. The number of piperidine rings is 1. The van der Waals surface area contributed by atoms with Crippen LogP contribution in [0.2, 0.25) is 0 Å². The Labute approximate surface area is 192 Å². The molecule has 1 saturated carbocycles. The van der Waals surface area contributed by atoms with E-state index in [-0.39, 0.29) is 5.91 Å². The quantitative estimate of drug-likeness (QED) is 0.633. The largest absolute Gasteiger partial charge is 0.342 e. The summed E-state index contributed by atoms with van der Waals surface area (Å²) in [5.74, 6) is 7.50. The number of hydrogen-bond acceptors (Lipinski definition) is 5. The fraction of sp³-hybridized carbons (Fsp3) is 0.720. The SMILES string of the molecule is CCN(CC)CC1CCCN(C(=O)CCc2nn(N)c3ccnc(C4CCCCC4)c23)C1. The summed E-state index contributed by atoms with van der Waals surface area (Å²) in [6.45, 7) is 9.44. The van der Waals surface area contributed by atoms with E-state index in [1.54, 1.807) is 0 Å². The van der Waals surface area contributed by atoms with E-state index in [0.29, 0.717) is 24.7 Å². The van der Waals surface area contributed by atoms with Gasteiger partial charge in [-0.05, 0) is 50.8 Å². The highest BCUT2D eigenvalue weighted by atomic mass is 16.2. The molecule has 1 saturated heterocycles. The van der Waals surface area contributed by atoms with Gasteiger partial charge in [-0.15, -0.1) is 0 Å². The summed E-state index contributed by atoms with van der Waals surface area (Å²) in [5.41, 5.74) is 3.00. The zero-order chi connectivity index (χ0) is 22.5. The number of hydrogen-bond donors (Lipinski definition) is 1. The molecule has 4 rings (SSSR count). The molecule has 3 heterocycles. The standard InChI is InChI=1S/C25H40N6O/c1-3-29(4-2)17-19-9-8-16-30(18-19)23(32)13-12-21-24-22(31(26)28-21)14-15-27-25(24)20-10-6-5-7-11-20/h14-15,19-20H,3-13,16-18,26H2,1-2H3. The Morgan fingerprint density at radius 1 is 1.16 bits per heavy atom. The van der Waals surface area contributed by atoms with E-state index in [9.17, 15) is 4.79 Å². The number of fused-ring (bicyclic) bond motifs is 1. The van der Waals surface area contributed by atoms with Crippen LogP contribution in [0.4, 0.5) is 0 Å². The smallest absolute Gasteiger partial charge is 0.222 e. The van der Waals surface area contributed by atoms with Crippen molar-refractivity contribution < 1.29 is 4.79 Å². The van der Waals surface area contributed by atoms with E-state index in [1.807, 2.05) is 12.3 Å². The average Bonchev–Trinajstić information content (AvgIpc) is 3.17. The summed E-state index contributed by atoms with van der Waals surface area (Å²) < 4.78 is 0. The average molecular weight is 441 g/mol. The Kier molecular flexibility index (Phi) is 7.66. The highest BCUT2D eigenvalue weighted by molar-refractivity contribution is 5.85. The van der Waals surface area contributed by atoms with Crippen LogP contribution in [0.3, 0.4) is 0 Å². The number of nitrogens with two attached hydrogens (primary N) is 1. The molecule has 2 N–H and O–H groups in total. The van der Waals surface area contributed by atoms with Crippen molar-refractivity contribution in [3.8, 4) is 0 Å². The third-order valence-corrected chi connectivity index (χ3v) is 7.57. The van der Waals surface area contributed by atoms with Crippen LogP contribution in [0, 0.1) is 5.92 Å². The van der Waals surface area contributed by atoms with Crippen LogP contribution in [0.15, 0.2) is 12.3 Å². The maximum Gasteiger partial charge on any atom is 0.222 e. The van der Waals surface area contributed by atoms with E-state index >= 15 is 0 Å². The number of nitrogen functional groups attached to an aromatic ring is 1. The summed E-state index contributed by atoms with van der Waals surface area (Å²) in [5, 5.41) is 5.71. The highest BCUT2D eigenvalue weighted by Crippen LogP contribution is 2.36. The van der Waals surface area contributed by atoms with Crippen LogP contribution >= 0.6 is 0 Å². The number of rotatable bonds is 8. The topological polar surface area (TPSA) is 80.3 Å². The zero-order valence-corrected chi connectivity index (χ0v) is 19.9. The minimum absolute atomic E-state index is 0.247. The molecule has 176 valence electrons. The van der Waals surface area contributed by atoms with Gasteiger partial charge in [0.2, 0.25) is 5.91 Å². The lowest BCUT2D eigenvalue weighted by Gasteiger charge is -2.35. The molecule has 1 aliphatic carbocycles. The van der Waals surface area contributed by atoms with Crippen molar-refractivity contribution in [1.29, 1.82) is 0 Å². The summed E-state index contributed by atoms with van der Waals surface area (Å²) >= 11 is 0. The molecule has 7 nitrogen and oxygen atoms in total. The van der Waals surface area contributed by atoms with Crippen LogP contribution in [-0.2, 0) is 11.2 Å². The van der Waals surface area contributed by atoms with Gasteiger partial charge in [0, 0.05) is 50.0 Å². The zero-order valence-electron chi connectivity index (χ0n) is 19.9. The fourth-order valence-electron chi connectivity index (χ4n) is 5.72. The van der Waals surface area contributed by atoms with Gasteiger partial charge in [0.15, 0.2) is 0 Å². The summed E-state index contributed by atoms with van der Waals surface area (Å²) in [6, 6.07) is 1.95. The molecule has 2 aromatic heterocycles. The molecule has 2 aromatic rings. The van der Waals surface area contributed by atoms with Crippen molar-refractivity contribution in [2.24, 2.45) is 5.92 Å². The number of carbonyl (C=O) groups is 1. The Balaban J connectivity index is 1.44. The molecule has 1 unspecified atom stereocenters. The van der Waals surface area contributed by atoms with Crippen molar-refractivity contribution >= 4 is 16.8 Å². The monoisotopic (exact) mass is 440 g/mol. The van der Waals surface area contributed by atoms with Gasteiger partial charge in [0.05, 0.1) is 16.9 Å². The van der Waals surface area contributed by atoms with E-state index in [4.69, 9.17) is 10.8 Å². The second kappa shape index (κ2) is 10.6. The number of nitrogens with zero attached hydrogens (tertiary/aromatic N) is 5. The first-order valence-corrected chi connectivity index (χ1v) is 12.7. The van der Waals surface area contributed by atoms with Crippen LogP contribution in [0.5, 0.6) is 0 Å². The molecular formula is C25H40N6O. The van der Waals surface area contributed by atoms with Gasteiger partial charge in [0.1, 0.15) is 0 Å². The molecule has 1 amide bonds. The second-order valence-corrected chi connectivity index (χ2v) is 9.65. The lowest BCUT2D eigenvalue weighted by atomic mass is 9.85. The van der Waals surface area contributed by atoms with Gasteiger partial charge in [-0.2, -0.15) is 9.89 Å². The third-order valence-electron chi connectivity index (χ3n) is 7.57. The fourth-order valence-corrected chi connectivity index (χ4v) is 5.72. The Morgan fingerprint density at radius 3 is 2.69 bits per heavy atom. The molecule has 0 radical (unpaired) electrons. The van der Waals surface area contributed by atoms with E-state index in [2.05, 4.69) is 28.7 Å². The number of carbonyl (C=O) groups excluding carboxylic acids is 1. The number of aryl methyl sites for hydroxylation is 1. The molecule has 1 aliphatic heterocycles. The van der Waals surface area contributed by atoms with Crippen LogP contribution in [0.25, 0.3) is 10.9 Å². The summed E-state index contributed by atoms with van der Waals surface area (Å²) in [6.07, 6.45) is 11.5. The van der Waals surface area contributed by atoms with Gasteiger partial charge >= 0.3 is 0 Å². The van der Waals surface area contributed by atoms with Crippen molar-refractivity contribution in [3.63, 3.8) is 0 Å². The summed E-state index contributed by atoms with van der Waals surface area (Å²) in [4.78, 5) is 23.9. The Hall–Kier alpha value is -2.15. The molecule has 0 spiro atoms. The van der Waals surface area contributed by atoms with Crippen molar-refractivity contribution in [3.05, 3.63) is 23.7 Å². The second-order valence-electron chi connectivity index (χ2n) is 9.65. The third kappa shape index (κ3) is 5.08. The first-order chi connectivity index (χ1) is 15.6. The number of likely N-dealkylation sites (tertiary alicyclic amines) is 1. The van der Waals surface area contributed by atoms with Gasteiger partial charge in [-0.3, -0.25) is 9.78 Å². The van der Waals surface area contributed by atoms with Crippen LogP contribution < -0.4 is 5.84 Å². The maximum absolute atomic E-state index is 13.1. The van der Waals surface area contributed by atoms with Gasteiger partial charge in [-0.25, -0.2) is 0 Å². The highest BCUT2D eigenvalue weighted by Gasteiger charge is 2.26. The molecule has 0 aromatic carbocycles. The number of amides is 1. The van der Waals surface area contributed by atoms with E-state index in [1.165, 1.54) is 43.3 Å². The van der Waals surface area contributed by atoms with Gasteiger partial charge in [-0.1, -0.05) is 33.1 Å². The number of pyridine rings is 1. The lowest BCUT2D eigenvalue weighted by Crippen LogP contribution is -2.43. The first-order valence-electron chi connectivity index (χ1n) is 12.7. The van der Waals surface area contributed by atoms with Crippen molar-refractivity contribution in [1.82, 2.24) is 24.7 Å². The van der Waals surface area contributed by atoms with Crippen LogP contribution in [-0.4, -0.2) is 63.3 Å². The van der Waals surface area contributed by atoms with E-state index in [0.717, 1.165) is 61.4 Å². The number of aromatic nitrogens is 3. The maximum atomic E-state index is 13.1. The minimum atomic E-state index is 0.247. The van der Waals surface area contributed by atoms with Gasteiger partial charge in [0.25, 0.3) is 0 Å². The first kappa shape index (κ1) is 23.0. The molecule has 1 atom stereocenters. The van der Waals surface area contributed by atoms with Crippen LogP contribution in [0.1, 0.15) is 82.5 Å². The van der Waals surface area contributed by atoms with Crippen molar-refractivity contribution in [2.75, 3.05) is 38.6 Å². The van der Waals surface area contributed by atoms with E-state index < -0.39 is 0 Å². The molecule has 0 bridgehead atoms.